The van der Waals surface area contributed by atoms with Crippen LogP contribution in [0.15, 0.2) is 23.0 Å². The van der Waals surface area contributed by atoms with Crippen molar-refractivity contribution in [2.45, 2.75) is 45.7 Å². The molecular formula is C23H23ClFN3O4S. The Hall–Kier alpha value is -2.78. The van der Waals surface area contributed by atoms with Crippen molar-refractivity contribution in [1.82, 2.24) is 14.5 Å². The lowest BCUT2D eigenvalue weighted by Crippen LogP contribution is -2.31. The molecule has 1 aliphatic rings. The number of ether oxygens (including phenoxy) is 1. The summed E-state index contributed by atoms with van der Waals surface area (Å²) in [6.45, 7) is 1.74. The van der Waals surface area contributed by atoms with Crippen LogP contribution in [0.1, 0.15) is 45.9 Å². The molecule has 4 rings (SSSR count). The first-order valence-corrected chi connectivity index (χ1v) is 11.8. The van der Waals surface area contributed by atoms with Gasteiger partial charge in [-0.05, 0) is 37.5 Å². The molecule has 3 heterocycles. The third-order valence-corrected chi connectivity index (χ3v) is 7.33. The van der Waals surface area contributed by atoms with Crippen molar-refractivity contribution in [2.75, 3.05) is 13.7 Å². The van der Waals surface area contributed by atoms with Gasteiger partial charge in [-0.1, -0.05) is 24.1 Å². The molecular weight excluding hydrogens is 469 g/mol. The van der Waals surface area contributed by atoms with Crippen molar-refractivity contribution < 1.29 is 18.7 Å². The maximum atomic E-state index is 14.0. The standard InChI is InChI=1S/C23H23ClFN3O4S/c1-13-19-21(26-17-9-4-3-5-10-28(17)22(19)30)33-20(13)23(31)32-12-18(29)27(2)11-14-15(24)7-6-8-16(14)25/h6-8H,3-5,9-12H2,1-2H3. The zero-order valence-corrected chi connectivity index (χ0v) is 19.9. The van der Waals surface area contributed by atoms with Crippen molar-refractivity contribution >= 4 is 45.0 Å². The summed E-state index contributed by atoms with van der Waals surface area (Å²) in [5.74, 6) is -0.973. The van der Waals surface area contributed by atoms with Gasteiger partial charge in [0.2, 0.25) is 0 Å². The minimum Gasteiger partial charge on any atom is -0.451 e. The molecule has 174 valence electrons. The fraction of sp³-hybridized carbons (Fsp3) is 0.391. The molecule has 0 unspecified atom stereocenters. The minimum absolute atomic E-state index is 0.0595. The van der Waals surface area contributed by atoms with Crippen molar-refractivity contribution in [3.8, 4) is 0 Å². The number of likely N-dealkylation sites (N-methyl/N-ethyl adjacent to an activating group) is 1. The quantitative estimate of drug-likeness (QED) is 0.502. The molecule has 1 amide bonds. The van der Waals surface area contributed by atoms with Crippen LogP contribution in [-0.4, -0.2) is 40.0 Å². The second kappa shape index (κ2) is 9.61. The highest BCUT2D eigenvalue weighted by Crippen LogP contribution is 2.29. The SMILES string of the molecule is Cc1c(C(=O)OCC(=O)N(C)Cc2c(F)cccc2Cl)sc2nc3n(c(=O)c12)CCCCC3. The number of halogens is 2. The predicted octanol–water partition coefficient (Wildman–Crippen LogP) is 4.10. The molecule has 1 aliphatic heterocycles. The molecule has 0 fully saturated rings. The highest BCUT2D eigenvalue weighted by molar-refractivity contribution is 7.20. The number of thiophene rings is 1. The molecule has 2 aromatic heterocycles. The maximum absolute atomic E-state index is 14.0. The van der Waals surface area contributed by atoms with E-state index in [-0.39, 0.29) is 27.6 Å². The van der Waals surface area contributed by atoms with E-state index in [1.807, 2.05) is 0 Å². The molecule has 0 saturated heterocycles. The molecule has 3 aromatic rings. The summed E-state index contributed by atoms with van der Waals surface area (Å²) in [6.07, 6.45) is 3.68. The van der Waals surface area contributed by atoms with E-state index in [9.17, 15) is 18.8 Å². The average Bonchev–Trinajstić information content (AvgIpc) is 2.95. The Morgan fingerprint density at radius 1 is 1.30 bits per heavy atom. The summed E-state index contributed by atoms with van der Waals surface area (Å²) in [4.78, 5) is 44.8. The van der Waals surface area contributed by atoms with Gasteiger partial charge in [0.15, 0.2) is 6.61 Å². The number of hydrogen-bond donors (Lipinski definition) is 0. The van der Waals surface area contributed by atoms with Crippen LogP contribution in [0.3, 0.4) is 0 Å². The predicted molar refractivity (Wildman–Crippen MR) is 124 cm³/mol. The fourth-order valence-electron chi connectivity index (χ4n) is 3.92. The molecule has 33 heavy (non-hydrogen) atoms. The number of carbonyl (C=O) groups excluding carboxylic acids is 2. The van der Waals surface area contributed by atoms with Gasteiger partial charge >= 0.3 is 5.97 Å². The molecule has 0 atom stereocenters. The number of aromatic nitrogens is 2. The lowest BCUT2D eigenvalue weighted by atomic mass is 10.2. The van der Waals surface area contributed by atoms with Crippen LogP contribution in [0.25, 0.3) is 10.2 Å². The first-order chi connectivity index (χ1) is 15.8. The van der Waals surface area contributed by atoms with Crippen LogP contribution < -0.4 is 5.56 Å². The Labute approximate surface area is 198 Å². The van der Waals surface area contributed by atoms with Gasteiger partial charge < -0.3 is 9.64 Å². The van der Waals surface area contributed by atoms with Crippen molar-refractivity contribution in [3.05, 3.63) is 61.2 Å². The summed E-state index contributed by atoms with van der Waals surface area (Å²) in [6, 6.07) is 4.29. The Morgan fingerprint density at radius 2 is 2.09 bits per heavy atom. The highest BCUT2D eigenvalue weighted by atomic mass is 35.5. The molecule has 0 N–H and O–H groups in total. The summed E-state index contributed by atoms with van der Waals surface area (Å²) < 4.78 is 20.9. The van der Waals surface area contributed by atoms with Crippen molar-refractivity contribution in [3.63, 3.8) is 0 Å². The largest absolute Gasteiger partial charge is 0.451 e. The number of rotatable bonds is 5. The molecule has 1 aromatic carbocycles. The van der Waals surface area contributed by atoms with Gasteiger partial charge in [-0.3, -0.25) is 14.2 Å². The highest BCUT2D eigenvalue weighted by Gasteiger charge is 2.24. The van der Waals surface area contributed by atoms with Crippen molar-refractivity contribution in [1.29, 1.82) is 0 Å². The number of benzene rings is 1. The second-order valence-corrected chi connectivity index (χ2v) is 9.46. The lowest BCUT2D eigenvalue weighted by Gasteiger charge is -2.18. The van der Waals surface area contributed by atoms with E-state index >= 15 is 0 Å². The molecule has 0 saturated carbocycles. The van der Waals surface area contributed by atoms with Gasteiger partial charge in [0.25, 0.3) is 11.5 Å². The van der Waals surface area contributed by atoms with Gasteiger partial charge in [0.05, 0.1) is 5.39 Å². The number of esters is 1. The molecule has 7 nitrogen and oxygen atoms in total. The maximum Gasteiger partial charge on any atom is 0.349 e. The summed E-state index contributed by atoms with van der Waals surface area (Å²) in [5, 5.41) is 0.639. The number of carbonyl (C=O) groups is 2. The van der Waals surface area contributed by atoms with E-state index < -0.39 is 24.3 Å². The first kappa shape index (κ1) is 23.4. The van der Waals surface area contributed by atoms with E-state index in [4.69, 9.17) is 16.3 Å². The van der Waals surface area contributed by atoms with Gasteiger partial charge in [-0.25, -0.2) is 14.2 Å². The second-order valence-electron chi connectivity index (χ2n) is 8.06. The van der Waals surface area contributed by atoms with Gasteiger partial charge in [0, 0.05) is 37.1 Å². The summed E-state index contributed by atoms with van der Waals surface area (Å²) in [7, 11) is 1.47. The van der Waals surface area contributed by atoms with Gasteiger partial charge in [-0.2, -0.15) is 0 Å². The Morgan fingerprint density at radius 3 is 2.85 bits per heavy atom. The topological polar surface area (TPSA) is 81.5 Å². The number of fused-ring (bicyclic) bond motifs is 2. The Balaban J connectivity index is 1.49. The normalized spacial score (nSPS) is 13.5. The van der Waals surface area contributed by atoms with Crippen LogP contribution in [0.4, 0.5) is 4.39 Å². The number of nitrogens with zero attached hydrogens (tertiary/aromatic N) is 3. The number of amides is 1. The monoisotopic (exact) mass is 491 g/mol. The number of hydrogen-bond acceptors (Lipinski definition) is 6. The van der Waals surface area contributed by atoms with Crippen LogP contribution in [0.5, 0.6) is 0 Å². The third-order valence-electron chi connectivity index (χ3n) is 5.81. The van der Waals surface area contributed by atoms with E-state index in [0.29, 0.717) is 22.3 Å². The molecule has 0 spiro atoms. The van der Waals surface area contributed by atoms with Crippen molar-refractivity contribution in [2.24, 2.45) is 0 Å². The zero-order valence-electron chi connectivity index (χ0n) is 18.3. The number of aryl methyl sites for hydroxylation is 2. The van der Waals surface area contributed by atoms with Crippen LogP contribution in [0, 0.1) is 12.7 Å². The molecule has 10 heteroatoms. The van der Waals surface area contributed by atoms with Crippen LogP contribution in [0.2, 0.25) is 5.02 Å². The molecule has 0 aliphatic carbocycles. The molecule has 0 bridgehead atoms. The zero-order chi connectivity index (χ0) is 23.7. The first-order valence-electron chi connectivity index (χ1n) is 10.6. The smallest absolute Gasteiger partial charge is 0.349 e. The fourth-order valence-corrected chi connectivity index (χ4v) is 5.22. The van der Waals surface area contributed by atoms with Crippen LogP contribution >= 0.6 is 22.9 Å². The van der Waals surface area contributed by atoms with Gasteiger partial charge in [0.1, 0.15) is 21.3 Å². The van der Waals surface area contributed by atoms with E-state index in [1.54, 1.807) is 17.6 Å². The van der Waals surface area contributed by atoms with Gasteiger partial charge in [-0.15, -0.1) is 11.3 Å². The lowest BCUT2D eigenvalue weighted by molar-refractivity contribution is -0.133. The Kier molecular flexibility index (Phi) is 6.81. The minimum atomic E-state index is -0.694. The summed E-state index contributed by atoms with van der Waals surface area (Å²) >= 11 is 7.12. The average molecular weight is 492 g/mol. The van der Waals surface area contributed by atoms with Crippen LogP contribution in [-0.2, 0) is 29.0 Å². The molecule has 0 radical (unpaired) electrons. The summed E-state index contributed by atoms with van der Waals surface area (Å²) in [5.41, 5.74) is 0.561. The van der Waals surface area contributed by atoms with E-state index in [0.717, 1.165) is 42.8 Å². The van der Waals surface area contributed by atoms with E-state index in [2.05, 4.69) is 4.98 Å². The third kappa shape index (κ3) is 4.65. The Bertz CT molecular complexity index is 1280. The van der Waals surface area contributed by atoms with E-state index in [1.165, 1.54) is 24.1 Å².